The summed E-state index contributed by atoms with van der Waals surface area (Å²) in [5.74, 6) is 0.0867. The van der Waals surface area contributed by atoms with Gasteiger partial charge in [-0.1, -0.05) is 6.92 Å². The van der Waals surface area contributed by atoms with E-state index in [1.807, 2.05) is 6.92 Å². The fourth-order valence-corrected chi connectivity index (χ4v) is 2.70. The second-order valence-corrected chi connectivity index (χ2v) is 6.02. The number of hydrogen-bond acceptors (Lipinski definition) is 5. The highest BCUT2D eigenvalue weighted by Crippen LogP contribution is 2.39. The molecule has 2 rings (SSSR count). The lowest BCUT2D eigenvalue weighted by Gasteiger charge is -2.40. The second-order valence-electron chi connectivity index (χ2n) is 6.02. The molecule has 1 aromatic carbocycles. The molecule has 24 heavy (non-hydrogen) atoms. The third kappa shape index (κ3) is 3.53. The summed E-state index contributed by atoms with van der Waals surface area (Å²) in [6.07, 6.45) is 2.23. The van der Waals surface area contributed by atoms with Gasteiger partial charge in [0.2, 0.25) is 0 Å². The minimum Gasteiger partial charge on any atom is -0.476 e. The van der Waals surface area contributed by atoms with E-state index in [2.05, 4.69) is 0 Å². The molecule has 0 N–H and O–H groups in total. The molecular weight excluding hydrogens is 310 g/mol. The van der Waals surface area contributed by atoms with Crippen LogP contribution in [0.4, 0.5) is 5.69 Å². The highest BCUT2D eigenvalue weighted by atomic mass is 16.5. The van der Waals surface area contributed by atoms with E-state index in [9.17, 15) is 9.59 Å². The fourth-order valence-electron chi connectivity index (χ4n) is 2.70. The van der Waals surface area contributed by atoms with Crippen molar-refractivity contribution in [1.82, 2.24) is 0 Å². The maximum Gasteiger partial charge on any atom is 0.337 e. The van der Waals surface area contributed by atoms with Gasteiger partial charge in [-0.25, -0.2) is 4.79 Å². The zero-order chi connectivity index (χ0) is 17.7. The quantitative estimate of drug-likeness (QED) is 0.566. The molecule has 1 unspecified atom stereocenters. The van der Waals surface area contributed by atoms with Crippen molar-refractivity contribution in [2.45, 2.75) is 38.7 Å². The van der Waals surface area contributed by atoms with Crippen molar-refractivity contribution in [3.63, 3.8) is 0 Å². The van der Waals surface area contributed by atoms with E-state index >= 15 is 0 Å². The van der Waals surface area contributed by atoms with Crippen LogP contribution in [0, 0.1) is 0 Å². The van der Waals surface area contributed by atoms with Crippen LogP contribution in [-0.2, 0) is 14.3 Å². The Kier molecular flexibility index (Phi) is 5.83. The van der Waals surface area contributed by atoms with Crippen molar-refractivity contribution in [2.75, 3.05) is 32.3 Å². The standard InChI is InChI=1S/C18H25NO5/c1-5-18(2)17(21)19(10-6-7-11-22-3)14-12-13(16(20)23-4)8-9-15(14)24-18/h8-9,12H,5-7,10-11H2,1-4H3. The zero-order valence-electron chi connectivity index (χ0n) is 14.8. The number of carbonyl (C=O) groups excluding carboxylic acids is 2. The monoisotopic (exact) mass is 335 g/mol. The van der Waals surface area contributed by atoms with Crippen LogP contribution in [0.15, 0.2) is 18.2 Å². The minimum absolute atomic E-state index is 0.0862. The van der Waals surface area contributed by atoms with Gasteiger partial charge in [-0.2, -0.15) is 0 Å². The van der Waals surface area contributed by atoms with Crippen LogP contribution in [0.1, 0.15) is 43.5 Å². The Hall–Kier alpha value is -2.08. The molecule has 0 saturated carbocycles. The van der Waals surface area contributed by atoms with Gasteiger partial charge in [0.15, 0.2) is 5.60 Å². The normalized spacial score (nSPS) is 19.7. The van der Waals surface area contributed by atoms with Crippen molar-refractivity contribution >= 4 is 17.6 Å². The second kappa shape index (κ2) is 7.66. The number of ether oxygens (including phenoxy) is 3. The van der Waals surface area contributed by atoms with Crippen LogP contribution in [0.2, 0.25) is 0 Å². The Morgan fingerprint density at radius 1 is 1.29 bits per heavy atom. The van der Waals surface area contributed by atoms with Gasteiger partial charge in [0.1, 0.15) is 5.75 Å². The third-order valence-electron chi connectivity index (χ3n) is 4.36. The lowest BCUT2D eigenvalue weighted by atomic mass is 9.97. The first kappa shape index (κ1) is 18.3. The van der Waals surface area contributed by atoms with Crippen LogP contribution in [-0.4, -0.2) is 44.8 Å². The van der Waals surface area contributed by atoms with E-state index < -0.39 is 11.6 Å². The van der Waals surface area contributed by atoms with Crippen LogP contribution < -0.4 is 9.64 Å². The molecule has 1 heterocycles. The molecule has 0 fully saturated rings. The summed E-state index contributed by atoms with van der Waals surface area (Å²) in [5.41, 5.74) is 0.127. The Labute approximate surface area is 142 Å². The molecule has 6 heteroatoms. The highest BCUT2D eigenvalue weighted by Gasteiger charge is 2.43. The van der Waals surface area contributed by atoms with E-state index in [0.29, 0.717) is 36.6 Å². The average Bonchev–Trinajstić information content (AvgIpc) is 2.60. The van der Waals surface area contributed by atoms with Gasteiger partial charge in [0, 0.05) is 20.3 Å². The molecule has 0 bridgehead atoms. The van der Waals surface area contributed by atoms with Crippen molar-refractivity contribution < 1.29 is 23.8 Å². The minimum atomic E-state index is -0.888. The van der Waals surface area contributed by atoms with Gasteiger partial charge >= 0.3 is 5.97 Å². The molecule has 0 aromatic heterocycles. The molecule has 1 amide bonds. The largest absolute Gasteiger partial charge is 0.476 e. The molecule has 6 nitrogen and oxygen atoms in total. The summed E-state index contributed by atoms with van der Waals surface area (Å²) in [7, 11) is 2.99. The van der Waals surface area contributed by atoms with Crippen molar-refractivity contribution in [3.05, 3.63) is 23.8 Å². The van der Waals surface area contributed by atoms with Crippen molar-refractivity contribution in [2.24, 2.45) is 0 Å². The number of hydrogen-bond donors (Lipinski definition) is 0. The van der Waals surface area contributed by atoms with Crippen LogP contribution in [0.3, 0.4) is 0 Å². The molecule has 0 saturated heterocycles. The zero-order valence-corrected chi connectivity index (χ0v) is 14.8. The highest BCUT2D eigenvalue weighted by molar-refractivity contribution is 6.03. The van der Waals surface area contributed by atoms with E-state index in [4.69, 9.17) is 14.2 Å². The van der Waals surface area contributed by atoms with E-state index in [1.54, 1.807) is 37.1 Å². The molecule has 0 aliphatic carbocycles. The molecule has 132 valence electrons. The summed E-state index contributed by atoms with van der Waals surface area (Å²) >= 11 is 0. The van der Waals surface area contributed by atoms with Crippen LogP contribution >= 0.6 is 0 Å². The molecule has 0 radical (unpaired) electrons. The number of benzene rings is 1. The number of fused-ring (bicyclic) bond motifs is 1. The first-order chi connectivity index (χ1) is 11.5. The summed E-state index contributed by atoms with van der Waals surface area (Å²) < 4.78 is 15.8. The summed E-state index contributed by atoms with van der Waals surface area (Å²) in [6.45, 7) is 4.93. The summed E-state index contributed by atoms with van der Waals surface area (Å²) in [6, 6.07) is 5.04. The fraction of sp³-hybridized carbons (Fsp3) is 0.556. The van der Waals surface area contributed by atoms with Crippen LogP contribution in [0.25, 0.3) is 0 Å². The molecule has 1 aliphatic heterocycles. The topological polar surface area (TPSA) is 65.1 Å². The molecular formula is C18H25NO5. The van der Waals surface area contributed by atoms with Crippen molar-refractivity contribution in [1.29, 1.82) is 0 Å². The van der Waals surface area contributed by atoms with E-state index in [-0.39, 0.29) is 5.91 Å². The predicted octanol–water partition coefficient (Wildman–Crippen LogP) is 2.79. The Bertz CT molecular complexity index is 615. The Balaban J connectivity index is 2.35. The van der Waals surface area contributed by atoms with Gasteiger partial charge in [0.05, 0.1) is 18.4 Å². The summed E-state index contributed by atoms with van der Waals surface area (Å²) in [4.78, 5) is 26.4. The number of methoxy groups -OCH3 is 2. The van der Waals surface area contributed by atoms with Gasteiger partial charge < -0.3 is 19.1 Å². The smallest absolute Gasteiger partial charge is 0.337 e. The number of anilines is 1. The number of amides is 1. The SMILES string of the molecule is CCC1(C)Oc2ccc(C(=O)OC)cc2N(CCCCOC)C1=O. The first-order valence-electron chi connectivity index (χ1n) is 8.19. The third-order valence-corrected chi connectivity index (χ3v) is 4.36. The van der Waals surface area contributed by atoms with Crippen molar-refractivity contribution in [3.8, 4) is 5.75 Å². The maximum absolute atomic E-state index is 12.9. The van der Waals surface area contributed by atoms with Gasteiger partial charge in [0.25, 0.3) is 5.91 Å². The molecule has 1 atom stereocenters. The number of unbranched alkanes of at least 4 members (excludes halogenated alkanes) is 1. The van der Waals surface area contributed by atoms with Crippen LogP contribution in [0.5, 0.6) is 5.75 Å². The number of carbonyl (C=O) groups is 2. The van der Waals surface area contributed by atoms with Gasteiger partial charge in [-0.3, -0.25) is 4.79 Å². The van der Waals surface area contributed by atoms with Gasteiger partial charge in [-0.05, 0) is 44.4 Å². The van der Waals surface area contributed by atoms with Gasteiger partial charge in [-0.15, -0.1) is 0 Å². The van der Waals surface area contributed by atoms with E-state index in [1.165, 1.54) is 7.11 Å². The first-order valence-corrected chi connectivity index (χ1v) is 8.19. The number of esters is 1. The lowest BCUT2D eigenvalue weighted by Crippen LogP contribution is -2.54. The number of rotatable bonds is 7. The Morgan fingerprint density at radius 2 is 2.04 bits per heavy atom. The molecule has 1 aliphatic rings. The van der Waals surface area contributed by atoms with E-state index in [0.717, 1.165) is 12.8 Å². The maximum atomic E-state index is 12.9. The Morgan fingerprint density at radius 3 is 2.67 bits per heavy atom. The summed E-state index contributed by atoms with van der Waals surface area (Å²) in [5, 5.41) is 0. The molecule has 1 aromatic rings. The lowest BCUT2D eigenvalue weighted by molar-refractivity contribution is -0.134. The predicted molar refractivity (Wildman–Crippen MR) is 90.6 cm³/mol. The number of nitrogens with zero attached hydrogens (tertiary/aromatic N) is 1. The molecule has 0 spiro atoms. The average molecular weight is 335 g/mol.